The molecule has 16 atom stereocenters. The molecule has 0 saturated carbocycles. The summed E-state index contributed by atoms with van der Waals surface area (Å²) in [6.45, 7) is 35.6. The molecule has 2 fully saturated rings. The van der Waals surface area contributed by atoms with Gasteiger partial charge in [-0.2, -0.15) is 0 Å². The topological polar surface area (TPSA) is 165 Å². The summed E-state index contributed by atoms with van der Waals surface area (Å²) in [6, 6.07) is -0.0581. The molecule has 68 heavy (non-hydrogen) atoms. The highest BCUT2D eigenvalue weighted by Crippen LogP contribution is 2.43. The quantitative estimate of drug-likeness (QED) is 0.0932. The van der Waals surface area contributed by atoms with Crippen molar-refractivity contribution in [3.8, 4) is 0 Å². The van der Waals surface area contributed by atoms with Gasteiger partial charge in [-0.25, -0.2) is 14.3 Å². The molecule has 4 heterocycles. The van der Waals surface area contributed by atoms with Crippen LogP contribution >= 0.6 is 0 Å². The van der Waals surface area contributed by atoms with E-state index in [1.807, 2.05) is 62.6 Å². The summed E-state index contributed by atoms with van der Waals surface area (Å²) in [6.07, 6.45) is 1.91. The third-order valence-corrected chi connectivity index (χ3v) is 15.5. The van der Waals surface area contributed by atoms with Gasteiger partial charge in [-0.3, -0.25) is 9.59 Å². The molecule has 388 valence electrons. The zero-order chi connectivity index (χ0) is 51.3. The fourth-order valence-corrected chi connectivity index (χ4v) is 12.5. The number of likely N-dealkylation sites (N-methyl/N-ethyl adjacent to an activating group) is 1. The number of hydrogen-bond donors (Lipinski definition) is 0. The van der Waals surface area contributed by atoms with Gasteiger partial charge < -0.3 is 51.6 Å². The lowest BCUT2D eigenvalue weighted by Gasteiger charge is -2.51. The van der Waals surface area contributed by atoms with E-state index in [-0.39, 0.29) is 43.8 Å². The first kappa shape index (κ1) is 57.9. The predicted molar refractivity (Wildman–Crippen MR) is 265 cm³/mol. The van der Waals surface area contributed by atoms with Gasteiger partial charge in [-0.15, -0.1) is 6.58 Å². The van der Waals surface area contributed by atoms with Crippen LogP contribution in [0.25, 0.3) is 0 Å². The molecule has 0 bridgehead atoms. The minimum atomic E-state index is -2.21. The fourth-order valence-electron chi connectivity index (χ4n) is 10.3. The summed E-state index contributed by atoms with van der Waals surface area (Å²) in [5, 5.41) is 0. The van der Waals surface area contributed by atoms with Crippen molar-refractivity contribution in [2.45, 2.75) is 212 Å². The van der Waals surface area contributed by atoms with Gasteiger partial charge in [-0.05, 0) is 133 Å². The predicted octanol–water partition coefficient (Wildman–Crippen LogP) is 8.55. The molecular weight excluding hydrogens is 907 g/mol. The molecule has 1 aromatic rings. The number of rotatable bonds is 15. The number of imidazole rings is 1. The molecule has 0 spiro atoms. The number of Topliss-reactive ketones (excluding diaryl/α,β-unsaturated/α-hetero) is 1. The summed E-state index contributed by atoms with van der Waals surface area (Å²) in [7, 11) is 1.45. The largest absolute Gasteiger partial charge is 0.457 e. The number of hydrogen-bond acceptors (Lipinski definition) is 15. The smallest absolute Gasteiger partial charge is 0.420 e. The number of methoxy groups -OCH3 is 1. The van der Waals surface area contributed by atoms with E-state index in [0.29, 0.717) is 12.0 Å². The van der Waals surface area contributed by atoms with Crippen LogP contribution in [0.15, 0.2) is 43.0 Å². The molecule has 18 heteroatoms. The first-order valence-electron chi connectivity index (χ1n) is 24.5. The Morgan fingerprint density at radius 1 is 0.941 bits per heavy atom. The second-order valence-electron chi connectivity index (χ2n) is 22.3. The third kappa shape index (κ3) is 14.5. The van der Waals surface area contributed by atoms with Gasteiger partial charge in [0.1, 0.15) is 18.5 Å². The maximum Gasteiger partial charge on any atom is 0.420 e. The van der Waals surface area contributed by atoms with E-state index >= 15 is 4.79 Å². The first-order chi connectivity index (χ1) is 31.4. The Hall–Kier alpha value is -2.63. The van der Waals surface area contributed by atoms with E-state index in [4.69, 9.17) is 46.7 Å². The van der Waals surface area contributed by atoms with E-state index in [1.54, 1.807) is 40.0 Å². The van der Waals surface area contributed by atoms with Gasteiger partial charge in [0.15, 0.2) is 40.6 Å². The molecular formula is C50H87N3O13Si2. The highest BCUT2D eigenvalue weighted by molar-refractivity contribution is 6.70. The summed E-state index contributed by atoms with van der Waals surface area (Å²) in [4.78, 5) is 49.6. The molecule has 1 aromatic heterocycles. The molecule has 3 aliphatic rings. The van der Waals surface area contributed by atoms with Crippen LogP contribution in [0.2, 0.25) is 39.3 Å². The lowest BCUT2D eigenvalue weighted by Crippen LogP contribution is -2.62. The van der Waals surface area contributed by atoms with Gasteiger partial charge >= 0.3 is 12.1 Å². The minimum absolute atomic E-state index is 0.0581. The van der Waals surface area contributed by atoms with Crippen molar-refractivity contribution in [2.75, 3.05) is 27.8 Å². The molecule has 0 aromatic carbocycles. The van der Waals surface area contributed by atoms with Gasteiger partial charge in [-0.1, -0.05) is 26.8 Å². The molecule has 1 unspecified atom stereocenters. The second kappa shape index (κ2) is 23.3. The Labute approximate surface area is 409 Å². The van der Waals surface area contributed by atoms with E-state index in [2.05, 4.69) is 55.7 Å². The number of esters is 1. The summed E-state index contributed by atoms with van der Waals surface area (Å²) in [5.41, 5.74) is -3.35. The Kier molecular flexibility index (Phi) is 19.8. The highest BCUT2D eigenvalue weighted by atomic mass is 28.4. The highest BCUT2D eigenvalue weighted by Gasteiger charge is 2.54. The SMILES string of the molecule is C=CCO[C@]1(C)C[C@@H](C)C(=O)C(C)=C[C@](C)(OC(=O)n2ccnc2)[C@@H](CC)OC(=O)[C@H](C)[C@@H](O[C@H]2CC(C)(OC)[C@@H](O[Si](C)(C)C)[C@H](C)O2)[C@H](C)[C@H]1O[C@@H]1O[C@H](C)C[C@H](N(C)C)[C@H]1O[Si](C)(C)C. The monoisotopic (exact) mass is 994 g/mol. The van der Waals surface area contributed by atoms with Gasteiger partial charge in [0.25, 0.3) is 0 Å². The molecule has 2 saturated heterocycles. The summed E-state index contributed by atoms with van der Waals surface area (Å²) >= 11 is 0. The number of aromatic nitrogens is 2. The van der Waals surface area contributed by atoms with Crippen molar-refractivity contribution >= 4 is 34.5 Å². The molecule has 0 N–H and O–H groups in total. The van der Waals surface area contributed by atoms with Gasteiger partial charge in [0.05, 0.1) is 54.2 Å². The van der Waals surface area contributed by atoms with Crippen LogP contribution in [0.5, 0.6) is 0 Å². The lowest BCUT2D eigenvalue weighted by atomic mass is 9.76. The van der Waals surface area contributed by atoms with Crippen LogP contribution in [0.3, 0.4) is 0 Å². The first-order valence-corrected chi connectivity index (χ1v) is 31.3. The van der Waals surface area contributed by atoms with Crippen molar-refractivity contribution in [1.29, 1.82) is 0 Å². The van der Waals surface area contributed by atoms with E-state index in [9.17, 15) is 9.59 Å². The molecule has 16 nitrogen and oxygen atoms in total. The number of ether oxygens (including phenoxy) is 8. The zero-order valence-electron chi connectivity index (χ0n) is 44.8. The van der Waals surface area contributed by atoms with Crippen molar-refractivity contribution in [3.63, 3.8) is 0 Å². The van der Waals surface area contributed by atoms with Gasteiger partial charge in [0, 0.05) is 43.8 Å². The molecule has 0 aliphatic carbocycles. The maximum atomic E-state index is 15.0. The maximum absolute atomic E-state index is 15.0. The number of carbonyl (C=O) groups is 3. The lowest BCUT2D eigenvalue weighted by molar-refractivity contribution is -0.317. The average molecular weight is 994 g/mol. The third-order valence-electron chi connectivity index (χ3n) is 13.6. The van der Waals surface area contributed by atoms with E-state index in [0.717, 1.165) is 0 Å². The number of carbonyl (C=O) groups excluding carboxylic acids is 3. The van der Waals surface area contributed by atoms with Crippen molar-refractivity contribution in [3.05, 3.63) is 43.0 Å². The molecule has 3 aliphatic heterocycles. The Morgan fingerprint density at radius 3 is 2.13 bits per heavy atom. The summed E-state index contributed by atoms with van der Waals surface area (Å²) < 4.78 is 68.7. The molecule has 0 radical (unpaired) electrons. The van der Waals surface area contributed by atoms with Gasteiger partial charge in [0.2, 0.25) is 0 Å². The Balaban J connectivity index is 1.98. The zero-order valence-corrected chi connectivity index (χ0v) is 46.8. The summed E-state index contributed by atoms with van der Waals surface area (Å²) in [5.74, 6) is -3.16. The number of cyclic esters (lactones) is 1. The van der Waals surface area contributed by atoms with Crippen molar-refractivity contribution in [1.82, 2.24) is 14.5 Å². The van der Waals surface area contributed by atoms with Crippen LogP contribution < -0.4 is 0 Å². The standard InChI is InChI=1S/C50H87N3O13Si2/c1-21-25-58-50(11)28-32(4)40(54)31(3)27-48(9,64-47(56)53-24-23-51-30-53)38(22-2)61-45(55)35(7)41(62-39-29-49(10,57-14)44(36(8)60-39)66-68(18,19)20)34(6)43(50)63-46-42(65-67(15,16)17)37(52(12)13)26-33(5)59-46/h21,23-24,27,30,32-39,41-44,46H,1,22,25-26,28-29H2,2-20H3/t32-,33-,34+,35-,36+,37+,38-,39+,41+,42-,43-,44+,46+,48+,49?,50-/m1/s1. The number of ketones is 1. The number of allylic oxidation sites excluding steroid dienone is 1. The van der Waals surface area contributed by atoms with Crippen LogP contribution in [-0.4, -0.2) is 155 Å². The molecule has 4 rings (SSSR count). The van der Waals surface area contributed by atoms with E-state index in [1.165, 1.54) is 23.3 Å². The Morgan fingerprint density at radius 2 is 1.59 bits per heavy atom. The van der Waals surface area contributed by atoms with Crippen LogP contribution in [0, 0.1) is 17.8 Å². The number of nitrogens with zero attached hydrogens (tertiary/aromatic N) is 3. The van der Waals surface area contributed by atoms with Crippen LogP contribution in [-0.2, 0) is 56.3 Å². The van der Waals surface area contributed by atoms with E-state index < -0.39 is 112 Å². The molecule has 0 amide bonds. The Bertz CT molecular complexity index is 1870. The van der Waals surface area contributed by atoms with Crippen LogP contribution in [0.1, 0.15) is 94.9 Å². The average Bonchev–Trinajstić information content (AvgIpc) is 3.79. The normalized spacial score (nSPS) is 38.4. The van der Waals surface area contributed by atoms with Crippen molar-refractivity contribution in [2.24, 2.45) is 17.8 Å². The van der Waals surface area contributed by atoms with Crippen molar-refractivity contribution < 1.29 is 61.1 Å². The second-order valence-corrected chi connectivity index (χ2v) is 31.2. The minimum Gasteiger partial charge on any atom is -0.457 e. The van der Waals surface area contributed by atoms with Crippen LogP contribution in [0.4, 0.5) is 4.79 Å². The fraction of sp³-hybridized carbons (Fsp3) is 0.800.